The van der Waals surface area contributed by atoms with Crippen LogP contribution in [-0.2, 0) is 6.42 Å². The molecule has 1 rings (SSSR count). The van der Waals surface area contributed by atoms with Crippen LogP contribution in [0.15, 0.2) is 12.1 Å². The number of hydrogen-bond acceptors (Lipinski definition) is 0. The highest BCUT2D eigenvalue weighted by molar-refractivity contribution is 6.31. The Morgan fingerprint density at radius 1 is 1.46 bits per heavy atom. The summed E-state index contributed by atoms with van der Waals surface area (Å²) >= 11 is 5.70. The molecule has 0 atom stereocenters. The van der Waals surface area contributed by atoms with Crippen LogP contribution < -0.4 is 0 Å². The molecule has 1 aromatic carbocycles. The quantitative estimate of drug-likeness (QED) is 0.683. The molecule has 13 heavy (non-hydrogen) atoms. The summed E-state index contributed by atoms with van der Waals surface area (Å²) < 4.78 is 24.8. The zero-order chi connectivity index (χ0) is 10.0. The van der Waals surface area contributed by atoms with Gasteiger partial charge in [-0.3, -0.25) is 0 Å². The van der Waals surface area contributed by atoms with Gasteiger partial charge in [-0.2, -0.15) is 0 Å². The Labute approximate surface area is 81.5 Å². The molecule has 1 radical (unpaired) electrons. The van der Waals surface area contributed by atoms with Crippen LogP contribution in [0.5, 0.6) is 0 Å². The van der Waals surface area contributed by atoms with Crippen molar-refractivity contribution in [2.75, 3.05) is 0 Å². The molecule has 0 unspecified atom stereocenters. The molecule has 0 spiro atoms. The molecule has 0 aliphatic rings. The minimum Gasteiger partial charge on any atom is -0.205 e. The van der Waals surface area contributed by atoms with Crippen LogP contribution in [0.1, 0.15) is 23.1 Å². The molecule has 0 aliphatic carbocycles. The van der Waals surface area contributed by atoms with Gasteiger partial charge in [0.05, 0.1) is 0 Å². The monoisotopic (exact) mass is 203 g/mol. The van der Waals surface area contributed by atoms with Crippen LogP contribution in [0.4, 0.5) is 8.78 Å². The van der Waals surface area contributed by atoms with Crippen molar-refractivity contribution in [1.29, 1.82) is 0 Å². The van der Waals surface area contributed by atoms with E-state index in [1.807, 2.05) is 0 Å². The van der Waals surface area contributed by atoms with Crippen LogP contribution in [0.25, 0.3) is 0 Å². The molecule has 0 fully saturated rings. The lowest BCUT2D eigenvalue weighted by Crippen LogP contribution is -1.93. The Balaban J connectivity index is 3.23. The lowest BCUT2D eigenvalue weighted by molar-refractivity contribution is 0.150. The van der Waals surface area contributed by atoms with Crippen molar-refractivity contribution in [3.63, 3.8) is 0 Å². The van der Waals surface area contributed by atoms with E-state index in [1.54, 1.807) is 19.1 Å². The van der Waals surface area contributed by atoms with E-state index in [4.69, 9.17) is 11.6 Å². The number of halogens is 3. The Morgan fingerprint density at radius 2 is 2.08 bits per heavy atom. The summed E-state index contributed by atoms with van der Waals surface area (Å²) in [6.45, 7) is 5.30. The lowest BCUT2D eigenvalue weighted by atomic mass is 10.0. The average molecular weight is 204 g/mol. The van der Waals surface area contributed by atoms with E-state index in [0.717, 1.165) is 5.56 Å². The summed E-state index contributed by atoms with van der Waals surface area (Å²) in [5.41, 5.74) is 1.34. The molecule has 0 saturated carbocycles. The van der Waals surface area contributed by atoms with Crippen LogP contribution in [0.2, 0.25) is 5.02 Å². The summed E-state index contributed by atoms with van der Waals surface area (Å²) in [5, 5.41) is 0.133. The topological polar surface area (TPSA) is 0 Å². The van der Waals surface area contributed by atoms with Crippen molar-refractivity contribution >= 4 is 11.6 Å². The summed E-state index contributed by atoms with van der Waals surface area (Å²) in [7, 11) is 0. The first-order valence-corrected chi connectivity index (χ1v) is 4.30. The van der Waals surface area contributed by atoms with Crippen LogP contribution in [-0.4, -0.2) is 0 Å². The van der Waals surface area contributed by atoms with Crippen LogP contribution >= 0.6 is 11.6 Å². The normalized spacial score (nSPS) is 10.9. The molecule has 0 heterocycles. The molecule has 0 aromatic heterocycles. The molecule has 3 heteroatoms. The first-order valence-electron chi connectivity index (χ1n) is 3.92. The summed E-state index contributed by atoms with van der Waals surface area (Å²) in [4.78, 5) is 0. The molecular formula is C10H10ClF2. The Hall–Kier alpha value is -0.630. The van der Waals surface area contributed by atoms with Gasteiger partial charge in [-0.05, 0) is 37.5 Å². The van der Waals surface area contributed by atoms with E-state index in [0.29, 0.717) is 12.0 Å². The Bertz CT molecular complexity index is 285. The van der Waals surface area contributed by atoms with Crippen molar-refractivity contribution in [1.82, 2.24) is 0 Å². The van der Waals surface area contributed by atoms with Crippen molar-refractivity contribution < 1.29 is 8.78 Å². The van der Waals surface area contributed by atoms with E-state index < -0.39 is 6.43 Å². The molecular weight excluding hydrogens is 194 g/mol. The fourth-order valence-corrected chi connectivity index (χ4v) is 1.62. The molecule has 0 aliphatic heterocycles. The molecule has 0 saturated heterocycles. The van der Waals surface area contributed by atoms with Crippen molar-refractivity contribution in [3.8, 4) is 0 Å². The van der Waals surface area contributed by atoms with Crippen LogP contribution in [0.3, 0.4) is 0 Å². The minimum absolute atomic E-state index is 0.0705. The molecule has 0 bridgehead atoms. The molecule has 71 valence electrons. The van der Waals surface area contributed by atoms with Gasteiger partial charge >= 0.3 is 0 Å². The third kappa shape index (κ3) is 2.19. The van der Waals surface area contributed by atoms with Crippen molar-refractivity contribution in [2.45, 2.75) is 19.8 Å². The van der Waals surface area contributed by atoms with Gasteiger partial charge in [0.25, 0.3) is 6.43 Å². The van der Waals surface area contributed by atoms with Gasteiger partial charge < -0.3 is 0 Å². The highest BCUT2D eigenvalue weighted by Crippen LogP contribution is 2.31. The van der Waals surface area contributed by atoms with E-state index in [1.165, 1.54) is 0 Å². The second kappa shape index (κ2) is 4.05. The lowest BCUT2D eigenvalue weighted by Gasteiger charge is -2.09. The van der Waals surface area contributed by atoms with E-state index in [-0.39, 0.29) is 10.6 Å². The standard InChI is InChI=1S/C10H10ClF2/c1-3-7-4-6(2)9(10(12)13)8(11)5-7/h4-5,10H,1,3H2,2H3. The number of hydrogen-bond donors (Lipinski definition) is 0. The van der Waals surface area contributed by atoms with E-state index >= 15 is 0 Å². The summed E-state index contributed by atoms with van der Waals surface area (Å²) in [6, 6.07) is 3.24. The number of benzene rings is 1. The molecule has 0 N–H and O–H groups in total. The van der Waals surface area contributed by atoms with Gasteiger partial charge in [0, 0.05) is 10.6 Å². The third-order valence-corrected chi connectivity index (χ3v) is 2.22. The average Bonchev–Trinajstić information content (AvgIpc) is 2.02. The highest BCUT2D eigenvalue weighted by Gasteiger charge is 2.15. The van der Waals surface area contributed by atoms with Gasteiger partial charge in [-0.25, -0.2) is 8.78 Å². The first-order chi connectivity index (χ1) is 6.06. The first kappa shape index (κ1) is 10.5. The highest BCUT2D eigenvalue weighted by atomic mass is 35.5. The van der Waals surface area contributed by atoms with Gasteiger partial charge in [-0.1, -0.05) is 17.7 Å². The second-order valence-electron chi connectivity index (χ2n) is 2.86. The molecule has 0 nitrogen and oxygen atoms in total. The largest absolute Gasteiger partial charge is 0.265 e. The number of aryl methyl sites for hydroxylation is 1. The molecule has 0 amide bonds. The van der Waals surface area contributed by atoms with Crippen LogP contribution in [0, 0.1) is 13.8 Å². The second-order valence-corrected chi connectivity index (χ2v) is 3.27. The zero-order valence-electron chi connectivity index (χ0n) is 7.28. The third-order valence-electron chi connectivity index (χ3n) is 1.90. The SMILES string of the molecule is [CH2]Cc1cc(C)c(C(F)F)c(Cl)c1. The minimum atomic E-state index is -2.51. The maximum Gasteiger partial charge on any atom is 0.265 e. The predicted octanol–water partition coefficient (Wildman–Crippen LogP) is 3.96. The Kier molecular flexibility index (Phi) is 3.26. The van der Waals surface area contributed by atoms with Crippen molar-refractivity contribution in [2.24, 2.45) is 0 Å². The van der Waals surface area contributed by atoms with Gasteiger partial charge in [0.2, 0.25) is 0 Å². The zero-order valence-corrected chi connectivity index (χ0v) is 8.04. The van der Waals surface area contributed by atoms with Gasteiger partial charge in [-0.15, -0.1) is 0 Å². The number of rotatable bonds is 2. The maximum atomic E-state index is 12.4. The maximum absolute atomic E-state index is 12.4. The fourth-order valence-electron chi connectivity index (χ4n) is 1.25. The Morgan fingerprint density at radius 3 is 2.46 bits per heavy atom. The van der Waals surface area contributed by atoms with E-state index in [2.05, 4.69) is 6.92 Å². The fraction of sp³-hybridized carbons (Fsp3) is 0.300. The summed E-state index contributed by atoms with van der Waals surface area (Å²) in [5.74, 6) is 0. The summed E-state index contributed by atoms with van der Waals surface area (Å²) in [6.07, 6.45) is -1.95. The van der Waals surface area contributed by atoms with Gasteiger partial charge in [0.15, 0.2) is 0 Å². The smallest absolute Gasteiger partial charge is 0.205 e. The van der Waals surface area contributed by atoms with Gasteiger partial charge in [0.1, 0.15) is 0 Å². The number of alkyl halides is 2. The molecule has 1 aromatic rings. The van der Waals surface area contributed by atoms with Crippen molar-refractivity contribution in [3.05, 3.63) is 40.8 Å². The predicted molar refractivity (Wildman–Crippen MR) is 50.2 cm³/mol. The van der Waals surface area contributed by atoms with E-state index in [9.17, 15) is 8.78 Å².